The van der Waals surface area contributed by atoms with Crippen molar-refractivity contribution in [1.29, 1.82) is 0 Å². The number of nitrogens with zero attached hydrogens (tertiary/aromatic N) is 3. The van der Waals surface area contributed by atoms with Crippen LogP contribution in [0.3, 0.4) is 0 Å². The van der Waals surface area contributed by atoms with E-state index in [1.807, 2.05) is 9.90 Å². The minimum Gasteiger partial charge on any atom is -0.325 e. The van der Waals surface area contributed by atoms with Crippen LogP contribution >= 0.6 is 11.3 Å². The summed E-state index contributed by atoms with van der Waals surface area (Å²) < 4.78 is 1.83. The topological polar surface area (TPSA) is 56.2 Å². The van der Waals surface area contributed by atoms with Gasteiger partial charge in [-0.05, 0) is 11.5 Å². The Balaban J connectivity index is 2.01. The predicted octanol–water partition coefficient (Wildman–Crippen LogP) is 3.04. The van der Waals surface area contributed by atoms with E-state index >= 15 is 0 Å². The molecule has 1 aromatic carbocycles. The van der Waals surface area contributed by atoms with Gasteiger partial charge in [0.15, 0.2) is 5.82 Å². The minimum absolute atomic E-state index is 0.481. The van der Waals surface area contributed by atoms with E-state index in [9.17, 15) is 0 Å². The average Bonchev–Trinajstić information content (AvgIpc) is 2.98. The van der Waals surface area contributed by atoms with Crippen LogP contribution < -0.4 is 5.73 Å². The zero-order valence-electron chi connectivity index (χ0n) is 11.0. The van der Waals surface area contributed by atoms with Gasteiger partial charge in [0.1, 0.15) is 0 Å². The minimum atomic E-state index is 0.481. The fraction of sp³-hybridized carbons (Fsp3) is 0.286. The average molecular weight is 272 g/mol. The molecular weight excluding hydrogens is 256 g/mol. The summed E-state index contributed by atoms with van der Waals surface area (Å²) in [4.78, 5) is 5.43. The number of thiazole rings is 1. The first-order valence-electron chi connectivity index (χ1n) is 6.32. The normalized spacial score (nSPS) is 11.6. The van der Waals surface area contributed by atoms with E-state index < -0.39 is 0 Å². The number of rotatable bonds is 3. The molecule has 0 amide bonds. The summed E-state index contributed by atoms with van der Waals surface area (Å²) in [6.07, 6.45) is 0. The van der Waals surface area contributed by atoms with Gasteiger partial charge >= 0.3 is 0 Å². The summed E-state index contributed by atoms with van der Waals surface area (Å²) in [6.45, 7) is 4.86. The molecule has 3 rings (SSSR count). The molecule has 2 aromatic heterocycles. The van der Waals surface area contributed by atoms with Crippen molar-refractivity contribution in [2.45, 2.75) is 26.3 Å². The molecule has 5 heteroatoms. The molecule has 0 saturated heterocycles. The number of fused-ring (bicyclic) bond motifs is 1. The van der Waals surface area contributed by atoms with Crippen LogP contribution in [0.1, 0.15) is 31.0 Å². The lowest BCUT2D eigenvalue weighted by molar-refractivity contribution is 0.864. The fourth-order valence-corrected chi connectivity index (χ4v) is 2.84. The number of nitrogens with two attached hydrogens (primary N) is 1. The third-order valence-electron chi connectivity index (χ3n) is 3.19. The zero-order valence-corrected chi connectivity index (χ0v) is 11.8. The quantitative estimate of drug-likeness (QED) is 0.797. The summed E-state index contributed by atoms with van der Waals surface area (Å²) in [6, 6.07) is 8.44. The van der Waals surface area contributed by atoms with Gasteiger partial charge in [-0.3, -0.25) is 0 Å². The smallest absolute Gasteiger partial charge is 0.212 e. The lowest BCUT2D eigenvalue weighted by Crippen LogP contribution is -2.01. The van der Waals surface area contributed by atoms with Gasteiger partial charge in [0.25, 0.3) is 0 Å². The summed E-state index contributed by atoms with van der Waals surface area (Å²) in [5.74, 6) is 1.30. The van der Waals surface area contributed by atoms with E-state index in [4.69, 9.17) is 5.73 Å². The Morgan fingerprint density at radius 1 is 1.26 bits per heavy atom. The van der Waals surface area contributed by atoms with Gasteiger partial charge in [0.2, 0.25) is 4.96 Å². The zero-order chi connectivity index (χ0) is 13.4. The van der Waals surface area contributed by atoms with E-state index in [0.29, 0.717) is 12.5 Å². The molecule has 0 aliphatic rings. The first-order chi connectivity index (χ1) is 9.19. The third-order valence-corrected chi connectivity index (χ3v) is 4.06. The van der Waals surface area contributed by atoms with E-state index in [2.05, 4.69) is 48.2 Å². The van der Waals surface area contributed by atoms with Crippen LogP contribution in [0, 0.1) is 0 Å². The van der Waals surface area contributed by atoms with Crippen molar-refractivity contribution in [3.05, 3.63) is 40.9 Å². The van der Waals surface area contributed by atoms with Crippen LogP contribution in [0.15, 0.2) is 29.6 Å². The molecule has 4 nitrogen and oxygen atoms in total. The summed E-state index contributed by atoms with van der Waals surface area (Å²) in [7, 11) is 0. The maximum Gasteiger partial charge on any atom is 0.212 e. The van der Waals surface area contributed by atoms with Gasteiger partial charge in [-0.15, -0.1) is 16.4 Å². The molecule has 0 atom stereocenters. The van der Waals surface area contributed by atoms with Crippen molar-refractivity contribution in [1.82, 2.24) is 14.6 Å². The highest BCUT2D eigenvalue weighted by Gasteiger charge is 2.10. The monoisotopic (exact) mass is 272 g/mol. The highest BCUT2D eigenvalue weighted by Crippen LogP contribution is 2.23. The van der Waals surface area contributed by atoms with E-state index in [1.165, 1.54) is 5.56 Å². The van der Waals surface area contributed by atoms with Gasteiger partial charge in [0, 0.05) is 17.5 Å². The van der Waals surface area contributed by atoms with Crippen molar-refractivity contribution >= 4 is 16.3 Å². The summed E-state index contributed by atoms with van der Waals surface area (Å²) >= 11 is 1.57. The lowest BCUT2D eigenvalue weighted by Gasteiger charge is -2.04. The molecule has 2 heterocycles. The van der Waals surface area contributed by atoms with E-state index in [0.717, 1.165) is 22.0 Å². The molecule has 0 aliphatic carbocycles. The standard InChI is InChI=1S/C14H16N4S/c1-9(2)10-3-5-11(6-4-10)13-16-14-18(17-13)12(7-15)8-19-14/h3-6,8-9H,7,15H2,1-2H3. The Bertz CT molecular complexity index is 694. The molecule has 0 aliphatic heterocycles. The van der Waals surface area contributed by atoms with Gasteiger partial charge in [-0.1, -0.05) is 38.1 Å². The Morgan fingerprint density at radius 2 is 2.00 bits per heavy atom. The van der Waals surface area contributed by atoms with Crippen LogP contribution in [0.2, 0.25) is 0 Å². The summed E-state index contributed by atoms with van der Waals surface area (Å²) in [5.41, 5.74) is 9.05. The van der Waals surface area contributed by atoms with Crippen LogP contribution in [0.5, 0.6) is 0 Å². The second kappa shape index (κ2) is 4.75. The summed E-state index contributed by atoms with van der Waals surface area (Å²) in [5, 5.41) is 6.53. The second-order valence-corrected chi connectivity index (χ2v) is 5.67. The molecule has 0 unspecified atom stereocenters. The molecule has 3 aromatic rings. The molecule has 0 fully saturated rings. The molecule has 19 heavy (non-hydrogen) atoms. The maximum atomic E-state index is 5.68. The first kappa shape index (κ1) is 12.3. The van der Waals surface area contributed by atoms with Gasteiger partial charge in [-0.2, -0.15) is 4.98 Å². The molecule has 0 radical (unpaired) electrons. The Kier molecular flexibility index (Phi) is 3.08. The Morgan fingerprint density at radius 3 is 2.63 bits per heavy atom. The van der Waals surface area contributed by atoms with Crippen molar-refractivity contribution in [2.75, 3.05) is 0 Å². The van der Waals surface area contributed by atoms with Gasteiger partial charge in [-0.25, -0.2) is 4.52 Å². The van der Waals surface area contributed by atoms with Crippen LogP contribution in [0.25, 0.3) is 16.3 Å². The van der Waals surface area contributed by atoms with Gasteiger partial charge < -0.3 is 5.73 Å². The molecule has 0 saturated carbocycles. The molecular formula is C14H16N4S. The van der Waals surface area contributed by atoms with Crippen LogP contribution in [-0.4, -0.2) is 14.6 Å². The van der Waals surface area contributed by atoms with Crippen molar-refractivity contribution in [3.8, 4) is 11.4 Å². The van der Waals surface area contributed by atoms with Crippen molar-refractivity contribution < 1.29 is 0 Å². The van der Waals surface area contributed by atoms with Crippen LogP contribution in [0.4, 0.5) is 0 Å². The molecule has 0 spiro atoms. The highest BCUT2D eigenvalue weighted by atomic mass is 32.1. The maximum absolute atomic E-state index is 5.68. The second-order valence-electron chi connectivity index (χ2n) is 4.84. The predicted molar refractivity (Wildman–Crippen MR) is 78.3 cm³/mol. The number of hydrogen-bond donors (Lipinski definition) is 1. The Labute approximate surface area is 115 Å². The lowest BCUT2D eigenvalue weighted by atomic mass is 10.0. The number of hydrogen-bond acceptors (Lipinski definition) is 4. The number of benzene rings is 1. The third kappa shape index (κ3) is 2.15. The SMILES string of the molecule is CC(C)c1ccc(-c2nc3scc(CN)n3n2)cc1. The Hall–Kier alpha value is -1.72. The van der Waals surface area contributed by atoms with Crippen molar-refractivity contribution in [3.63, 3.8) is 0 Å². The van der Waals surface area contributed by atoms with E-state index in [1.54, 1.807) is 11.3 Å². The van der Waals surface area contributed by atoms with E-state index in [-0.39, 0.29) is 0 Å². The highest BCUT2D eigenvalue weighted by molar-refractivity contribution is 7.15. The molecule has 0 bridgehead atoms. The molecule has 2 N–H and O–H groups in total. The van der Waals surface area contributed by atoms with Crippen molar-refractivity contribution in [2.24, 2.45) is 5.73 Å². The van der Waals surface area contributed by atoms with Gasteiger partial charge in [0.05, 0.1) is 5.69 Å². The largest absolute Gasteiger partial charge is 0.325 e. The fourth-order valence-electron chi connectivity index (χ4n) is 2.01. The van der Waals surface area contributed by atoms with Crippen LogP contribution in [-0.2, 0) is 6.54 Å². The first-order valence-corrected chi connectivity index (χ1v) is 7.20. The molecule has 98 valence electrons. The number of aromatic nitrogens is 3.